The van der Waals surface area contributed by atoms with Crippen LogP contribution in [0.3, 0.4) is 0 Å². The van der Waals surface area contributed by atoms with E-state index in [9.17, 15) is 0 Å². The summed E-state index contributed by atoms with van der Waals surface area (Å²) in [6.45, 7) is 1.52. The van der Waals surface area contributed by atoms with Crippen LogP contribution in [0.2, 0.25) is 0 Å². The van der Waals surface area contributed by atoms with Crippen LogP contribution >= 0.6 is 15.9 Å². The monoisotopic (exact) mass is 341 g/mol. The van der Waals surface area contributed by atoms with E-state index in [4.69, 9.17) is 4.74 Å². The van der Waals surface area contributed by atoms with Crippen molar-refractivity contribution in [3.8, 4) is 0 Å². The molecule has 1 heterocycles. The van der Waals surface area contributed by atoms with Gasteiger partial charge in [-0.05, 0) is 60.0 Å². The van der Waals surface area contributed by atoms with E-state index < -0.39 is 0 Å². The topological polar surface area (TPSA) is 39.1 Å². The van der Waals surface area contributed by atoms with E-state index in [0.717, 1.165) is 28.8 Å². The molecule has 0 spiro atoms. The van der Waals surface area contributed by atoms with Gasteiger partial charge in [0.25, 0.3) is 0 Å². The van der Waals surface area contributed by atoms with Gasteiger partial charge in [-0.3, -0.25) is 4.68 Å². The second-order valence-electron chi connectivity index (χ2n) is 6.20. The Balaban J connectivity index is 1.83. The fourth-order valence-electron chi connectivity index (χ4n) is 4.29. The van der Waals surface area contributed by atoms with Crippen LogP contribution in [0.15, 0.2) is 10.7 Å². The second-order valence-corrected chi connectivity index (χ2v) is 7.05. The fraction of sp³-hybridized carbons (Fsp3) is 0.800. The summed E-state index contributed by atoms with van der Waals surface area (Å²) in [6.07, 6.45) is 7.59. The first-order valence-corrected chi connectivity index (χ1v) is 8.41. The normalized spacial score (nSPS) is 30.1. The lowest BCUT2D eigenvalue weighted by Crippen LogP contribution is -2.31. The van der Waals surface area contributed by atoms with E-state index in [1.54, 1.807) is 7.11 Å². The lowest BCUT2D eigenvalue weighted by Gasteiger charge is -2.31. The van der Waals surface area contributed by atoms with Gasteiger partial charge in [0.2, 0.25) is 0 Å². The van der Waals surface area contributed by atoms with Crippen molar-refractivity contribution in [3.05, 3.63) is 16.4 Å². The molecule has 1 aromatic rings. The van der Waals surface area contributed by atoms with E-state index in [-0.39, 0.29) is 0 Å². The third kappa shape index (κ3) is 2.55. The highest BCUT2D eigenvalue weighted by molar-refractivity contribution is 9.10. The molecule has 4 atom stereocenters. The SMILES string of the molecule is CNC(c1c(Br)cnn1CCOC)C1CC2CCC1C2. The summed E-state index contributed by atoms with van der Waals surface area (Å²) in [7, 11) is 3.82. The number of nitrogens with zero attached hydrogens (tertiary/aromatic N) is 2. The maximum absolute atomic E-state index is 5.20. The van der Waals surface area contributed by atoms with Gasteiger partial charge in [0.05, 0.1) is 35.6 Å². The summed E-state index contributed by atoms with van der Waals surface area (Å²) >= 11 is 3.69. The highest BCUT2D eigenvalue weighted by atomic mass is 79.9. The summed E-state index contributed by atoms with van der Waals surface area (Å²) in [4.78, 5) is 0. The number of ether oxygens (including phenoxy) is 1. The Labute approximate surface area is 129 Å². The van der Waals surface area contributed by atoms with Crippen molar-refractivity contribution in [2.24, 2.45) is 17.8 Å². The van der Waals surface area contributed by atoms with E-state index in [1.165, 1.54) is 31.4 Å². The van der Waals surface area contributed by atoms with Gasteiger partial charge >= 0.3 is 0 Å². The Hall–Kier alpha value is -0.390. The molecule has 2 bridgehead atoms. The number of methoxy groups -OCH3 is 1. The van der Waals surface area contributed by atoms with Gasteiger partial charge in [0.1, 0.15) is 0 Å². The van der Waals surface area contributed by atoms with Crippen molar-refractivity contribution in [1.29, 1.82) is 0 Å². The molecular weight excluding hydrogens is 318 g/mol. The zero-order valence-corrected chi connectivity index (χ0v) is 13.9. The van der Waals surface area contributed by atoms with Gasteiger partial charge in [-0.1, -0.05) is 6.42 Å². The lowest BCUT2D eigenvalue weighted by molar-refractivity contribution is 0.178. The van der Waals surface area contributed by atoms with E-state index in [2.05, 4.69) is 38.1 Å². The number of hydrogen-bond acceptors (Lipinski definition) is 3. The molecule has 0 amide bonds. The molecule has 0 aliphatic heterocycles. The van der Waals surface area contributed by atoms with Crippen molar-refractivity contribution >= 4 is 15.9 Å². The number of rotatable bonds is 6. The summed E-state index contributed by atoms with van der Waals surface area (Å²) in [5, 5.41) is 8.06. The van der Waals surface area contributed by atoms with Crippen LogP contribution in [0.5, 0.6) is 0 Å². The molecule has 4 nitrogen and oxygen atoms in total. The van der Waals surface area contributed by atoms with Crippen molar-refractivity contribution in [3.63, 3.8) is 0 Å². The van der Waals surface area contributed by atoms with Crippen molar-refractivity contribution in [2.75, 3.05) is 20.8 Å². The third-order valence-electron chi connectivity index (χ3n) is 5.17. The van der Waals surface area contributed by atoms with Gasteiger partial charge in [-0.25, -0.2) is 0 Å². The molecule has 20 heavy (non-hydrogen) atoms. The minimum Gasteiger partial charge on any atom is -0.383 e. The van der Waals surface area contributed by atoms with Crippen LogP contribution < -0.4 is 5.32 Å². The summed E-state index contributed by atoms with van der Waals surface area (Å²) in [5.41, 5.74) is 1.29. The highest BCUT2D eigenvalue weighted by Crippen LogP contribution is 2.53. The summed E-state index contributed by atoms with van der Waals surface area (Å²) < 4.78 is 8.42. The number of halogens is 1. The van der Waals surface area contributed by atoms with Crippen LogP contribution in [-0.4, -0.2) is 30.5 Å². The predicted molar refractivity (Wildman–Crippen MR) is 82.5 cm³/mol. The molecule has 1 N–H and O–H groups in total. The number of fused-ring (bicyclic) bond motifs is 2. The average Bonchev–Trinajstić information content (AvgIpc) is 3.15. The van der Waals surface area contributed by atoms with Crippen LogP contribution in [0.1, 0.15) is 37.4 Å². The van der Waals surface area contributed by atoms with Gasteiger partial charge < -0.3 is 10.1 Å². The minimum atomic E-state index is 0.402. The Bertz CT molecular complexity index is 462. The molecule has 2 aliphatic rings. The minimum absolute atomic E-state index is 0.402. The Kier molecular flexibility index (Phi) is 4.48. The molecule has 5 heteroatoms. The molecule has 0 radical (unpaired) electrons. The molecule has 1 aromatic heterocycles. The van der Waals surface area contributed by atoms with Gasteiger partial charge in [-0.2, -0.15) is 5.10 Å². The molecule has 0 aromatic carbocycles. The zero-order chi connectivity index (χ0) is 14.1. The summed E-state index contributed by atoms with van der Waals surface area (Å²) in [5.74, 6) is 2.62. The molecule has 2 fully saturated rings. The van der Waals surface area contributed by atoms with Gasteiger partial charge in [-0.15, -0.1) is 0 Å². The first-order valence-electron chi connectivity index (χ1n) is 7.62. The molecule has 112 valence electrons. The maximum atomic E-state index is 5.20. The standard InChI is InChI=1S/C15H24BrN3O/c1-17-14(12-8-10-3-4-11(12)7-10)15-13(16)9-18-19(15)5-6-20-2/h9-12,14,17H,3-8H2,1-2H3. The van der Waals surface area contributed by atoms with Crippen molar-refractivity contribution < 1.29 is 4.74 Å². The molecule has 4 unspecified atom stereocenters. The molecular formula is C15H24BrN3O. The van der Waals surface area contributed by atoms with Crippen molar-refractivity contribution in [1.82, 2.24) is 15.1 Å². The Morgan fingerprint density at radius 2 is 2.35 bits per heavy atom. The lowest BCUT2D eigenvalue weighted by atomic mass is 9.82. The first-order chi connectivity index (χ1) is 9.74. The van der Waals surface area contributed by atoms with E-state index in [1.807, 2.05) is 6.20 Å². The highest BCUT2D eigenvalue weighted by Gasteiger charge is 2.44. The molecule has 2 saturated carbocycles. The van der Waals surface area contributed by atoms with E-state index in [0.29, 0.717) is 12.6 Å². The van der Waals surface area contributed by atoms with E-state index >= 15 is 0 Å². The fourth-order valence-corrected chi connectivity index (χ4v) is 4.84. The quantitative estimate of drug-likeness (QED) is 0.864. The molecule has 3 rings (SSSR count). The maximum Gasteiger partial charge on any atom is 0.0699 e. The Morgan fingerprint density at radius 1 is 1.50 bits per heavy atom. The van der Waals surface area contributed by atoms with Gasteiger partial charge in [0, 0.05) is 7.11 Å². The molecule has 0 saturated heterocycles. The average molecular weight is 342 g/mol. The van der Waals surface area contributed by atoms with Crippen LogP contribution in [0.4, 0.5) is 0 Å². The predicted octanol–water partition coefficient (Wildman–Crippen LogP) is 2.99. The number of aromatic nitrogens is 2. The summed E-state index contributed by atoms with van der Waals surface area (Å²) in [6, 6.07) is 0.402. The number of nitrogens with one attached hydrogen (secondary N) is 1. The second kappa shape index (κ2) is 6.16. The van der Waals surface area contributed by atoms with Gasteiger partial charge in [0.15, 0.2) is 0 Å². The Morgan fingerprint density at radius 3 is 2.95 bits per heavy atom. The zero-order valence-electron chi connectivity index (χ0n) is 12.3. The van der Waals surface area contributed by atoms with Crippen molar-refractivity contribution in [2.45, 2.75) is 38.3 Å². The van der Waals surface area contributed by atoms with Crippen LogP contribution in [0, 0.1) is 17.8 Å². The first kappa shape index (κ1) is 14.5. The van der Waals surface area contributed by atoms with Crippen LogP contribution in [0.25, 0.3) is 0 Å². The molecule has 2 aliphatic carbocycles. The number of hydrogen-bond donors (Lipinski definition) is 1. The smallest absolute Gasteiger partial charge is 0.0699 e. The van der Waals surface area contributed by atoms with Crippen LogP contribution in [-0.2, 0) is 11.3 Å². The third-order valence-corrected chi connectivity index (χ3v) is 5.78. The largest absolute Gasteiger partial charge is 0.383 e.